The molecule has 3 aromatic rings. The summed E-state index contributed by atoms with van der Waals surface area (Å²) in [5, 5.41) is 8.21. The van der Waals surface area contributed by atoms with Gasteiger partial charge in [0, 0.05) is 25.0 Å². The smallest absolute Gasteiger partial charge is 0.417 e. The number of rotatable bonds is 5. The van der Waals surface area contributed by atoms with Crippen LogP contribution in [0.4, 0.5) is 13.2 Å². The van der Waals surface area contributed by atoms with Crippen LogP contribution in [-0.2, 0) is 6.18 Å². The number of carbonyl (C=O) groups is 1. The van der Waals surface area contributed by atoms with Crippen LogP contribution in [0.15, 0.2) is 49.1 Å². The molecule has 0 N–H and O–H groups in total. The fourth-order valence-corrected chi connectivity index (χ4v) is 4.61. The Morgan fingerprint density at radius 3 is 2.66 bits per heavy atom. The molecule has 0 radical (unpaired) electrons. The number of fused-ring (bicyclic) bond motifs is 2. The number of alkyl halides is 3. The van der Waals surface area contributed by atoms with Gasteiger partial charge < -0.3 is 9.64 Å². The van der Waals surface area contributed by atoms with Crippen molar-refractivity contribution < 1.29 is 22.7 Å². The Kier molecular flexibility index (Phi) is 4.83. The van der Waals surface area contributed by atoms with Gasteiger partial charge in [-0.2, -0.15) is 23.4 Å². The van der Waals surface area contributed by atoms with Gasteiger partial charge >= 0.3 is 6.18 Å². The number of ether oxygens (including phenoxy) is 1. The summed E-state index contributed by atoms with van der Waals surface area (Å²) in [7, 11) is 0. The van der Waals surface area contributed by atoms with Gasteiger partial charge in [0.05, 0.1) is 23.5 Å². The molecular weight excluding hydrogens is 425 g/mol. The van der Waals surface area contributed by atoms with Crippen molar-refractivity contribution in [2.45, 2.75) is 31.0 Å². The Hall–Kier alpha value is -3.50. The topological polar surface area (TPSA) is 86.0 Å². The van der Waals surface area contributed by atoms with E-state index in [0.717, 1.165) is 31.5 Å². The highest BCUT2D eigenvalue weighted by molar-refractivity contribution is 5.96. The number of amides is 1. The van der Waals surface area contributed by atoms with Crippen molar-refractivity contribution in [3.63, 3.8) is 0 Å². The minimum absolute atomic E-state index is 0.0920. The molecule has 8 nitrogen and oxygen atoms in total. The summed E-state index contributed by atoms with van der Waals surface area (Å²) < 4.78 is 44.1. The first kappa shape index (κ1) is 20.4. The molecule has 3 aromatic heterocycles. The van der Waals surface area contributed by atoms with E-state index in [0.29, 0.717) is 18.2 Å². The summed E-state index contributed by atoms with van der Waals surface area (Å²) in [6.07, 6.45) is 3.35. The minimum Gasteiger partial charge on any atom is -0.475 e. The number of piperidine rings is 1. The summed E-state index contributed by atoms with van der Waals surface area (Å²) >= 11 is 0. The molecule has 2 unspecified atom stereocenters. The maximum Gasteiger partial charge on any atom is 0.417 e. The van der Waals surface area contributed by atoms with Crippen LogP contribution in [0.5, 0.6) is 5.88 Å². The highest BCUT2D eigenvalue weighted by Crippen LogP contribution is 2.47. The zero-order valence-corrected chi connectivity index (χ0v) is 16.9. The summed E-state index contributed by atoms with van der Waals surface area (Å²) in [6, 6.07) is 5.57. The number of hydrogen-bond donors (Lipinski definition) is 0. The van der Waals surface area contributed by atoms with Gasteiger partial charge in [-0.3, -0.25) is 4.79 Å². The first-order valence-corrected chi connectivity index (χ1v) is 10.2. The molecule has 1 saturated heterocycles. The number of carbonyl (C=O) groups excluding carboxylic acids is 1. The van der Waals surface area contributed by atoms with E-state index >= 15 is 0 Å². The van der Waals surface area contributed by atoms with Gasteiger partial charge in [0.2, 0.25) is 5.88 Å². The first-order valence-electron chi connectivity index (χ1n) is 10.2. The molecule has 2 fully saturated rings. The van der Waals surface area contributed by atoms with Crippen LogP contribution in [0.3, 0.4) is 0 Å². The van der Waals surface area contributed by atoms with Gasteiger partial charge in [0.25, 0.3) is 5.91 Å². The van der Waals surface area contributed by atoms with Crippen LogP contribution in [0.25, 0.3) is 5.69 Å². The van der Waals surface area contributed by atoms with Crippen LogP contribution >= 0.6 is 0 Å². The largest absolute Gasteiger partial charge is 0.475 e. The van der Waals surface area contributed by atoms with Crippen LogP contribution in [0.2, 0.25) is 0 Å². The van der Waals surface area contributed by atoms with Crippen molar-refractivity contribution in [2.75, 3.05) is 13.2 Å². The Morgan fingerprint density at radius 2 is 1.97 bits per heavy atom. The lowest BCUT2D eigenvalue weighted by molar-refractivity contribution is -0.137. The maximum absolute atomic E-state index is 13.5. The van der Waals surface area contributed by atoms with E-state index in [9.17, 15) is 18.0 Å². The molecule has 2 bridgehead atoms. The summed E-state index contributed by atoms with van der Waals surface area (Å²) in [6.45, 7) is 0.723. The third kappa shape index (κ3) is 3.57. The molecule has 5 rings (SSSR count). The molecule has 166 valence electrons. The van der Waals surface area contributed by atoms with Crippen molar-refractivity contribution in [1.29, 1.82) is 0 Å². The number of aromatic nitrogens is 5. The Labute approximate surface area is 181 Å². The monoisotopic (exact) mass is 444 g/mol. The van der Waals surface area contributed by atoms with E-state index in [4.69, 9.17) is 4.74 Å². The molecule has 1 aliphatic heterocycles. The molecule has 1 aliphatic carbocycles. The lowest BCUT2D eigenvalue weighted by Gasteiger charge is -2.38. The number of nitrogens with zero attached hydrogens (tertiary/aromatic N) is 6. The van der Waals surface area contributed by atoms with Crippen LogP contribution in [0.1, 0.15) is 35.3 Å². The fourth-order valence-electron chi connectivity index (χ4n) is 4.61. The van der Waals surface area contributed by atoms with Crippen molar-refractivity contribution in [3.8, 4) is 11.6 Å². The molecule has 1 amide bonds. The van der Waals surface area contributed by atoms with E-state index in [1.54, 1.807) is 23.2 Å². The predicted molar refractivity (Wildman–Crippen MR) is 105 cm³/mol. The second-order valence-electron chi connectivity index (χ2n) is 8.11. The van der Waals surface area contributed by atoms with Crippen LogP contribution < -0.4 is 4.74 Å². The zero-order chi connectivity index (χ0) is 22.3. The molecule has 0 aromatic carbocycles. The van der Waals surface area contributed by atoms with E-state index in [2.05, 4.69) is 20.2 Å². The predicted octanol–water partition coefficient (Wildman–Crippen LogP) is 3.15. The lowest BCUT2D eigenvalue weighted by atomic mass is 9.97. The average Bonchev–Trinajstić information content (AvgIpc) is 3.54. The minimum atomic E-state index is -4.46. The Bertz CT molecular complexity index is 1120. The zero-order valence-electron chi connectivity index (χ0n) is 16.9. The Morgan fingerprint density at radius 1 is 1.16 bits per heavy atom. The summed E-state index contributed by atoms with van der Waals surface area (Å²) in [5.41, 5.74) is -0.677. The van der Waals surface area contributed by atoms with E-state index < -0.39 is 17.3 Å². The third-order valence-electron chi connectivity index (χ3n) is 6.12. The molecule has 1 saturated carbocycles. The normalized spacial score (nSPS) is 22.3. The number of likely N-dealkylation sites (tertiary alicyclic amines) is 1. The van der Waals surface area contributed by atoms with Crippen molar-refractivity contribution >= 4 is 5.91 Å². The quantitative estimate of drug-likeness (QED) is 0.601. The second-order valence-corrected chi connectivity index (χ2v) is 8.11. The van der Waals surface area contributed by atoms with Gasteiger partial charge in [0.15, 0.2) is 5.69 Å². The van der Waals surface area contributed by atoms with Crippen LogP contribution in [0, 0.1) is 5.92 Å². The highest BCUT2D eigenvalue weighted by Gasteiger charge is 2.53. The van der Waals surface area contributed by atoms with Gasteiger partial charge in [-0.1, -0.05) is 0 Å². The van der Waals surface area contributed by atoms with E-state index in [-0.39, 0.29) is 24.1 Å². The van der Waals surface area contributed by atoms with Gasteiger partial charge in [0.1, 0.15) is 12.3 Å². The average molecular weight is 444 g/mol. The molecule has 2 atom stereocenters. The van der Waals surface area contributed by atoms with Crippen molar-refractivity contribution in [2.24, 2.45) is 5.92 Å². The third-order valence-corrected chi connectivity index (χ3v) is 6.12. The molecular formula is C21H19F3N6O2. The van der Waals surface area contributed by atoms with E-state index in [1.807, 2.05) is 0 Å². The highest BCUT2D eigenvalue weighted by atomic mass is 19.4. The molecule has 2 aliphatic rings. The second kappa shape index (κ2) is 7.57. The summed E-state index contributed by atoms with van der Waals surface area (Å²) in [4.78, 5) is 24.7. The molecule has 4 heterocycles. The van der Waals surface area contributed by atoms with Crippen molar-refractivity contribution in [3.05, 3.63) is 60.3 Å². The Balaban J connectivity index is 1.37. The molecule has 0 spiro atoms. The maximum atomic E-state index is 13.5. The first-order chi connectivity index (χ1) is 15.4. The lowest BCUT2D eigenvalue weighted by Crippen LogP contribution is -2.52. The SMILES string of the molecule is O=C(c1ncccc1-n1nccn1)N1CC2CCC1(COc1ccc(C(F)(F)F)cn1)C2. The van der Waals surface area contributed by atoms with E-state index in [1.165, 1.54) is 23.3 Å². The number of pyridine rings is 2. The fraction of sp³-hybridized carbons (Fsp3) is 0.381. The number of halogens is 3. The number of hydrogen-bond acceptors (Lipinski definition) is 6. The molecule has 11 heteroatoms. The van der Waals surface area contributed by atoms with Gasteiger partial charge in [-0.05, 0) is 43.4 Å². The van der Waals surface area contributed by atoms with Gasteiger partial charge in [-0.25, -0.2) is 9.97 Å². The van der Waals surface area contributed by atoms with Crippen molar-refractivity contribution in [1.82, 2.24) is 29.9 Å². The van der Waals surface area contributed by atoms with Gasteiger partial charge in [-0.15, -0.1) is 4.80 Å². The summed E-state index contributed by atoms with van der Waals surface area (Å²) in [5.74, 6) is 0.191. The van der Waals surface area contributed by atoms with Crippen LogP contribution in [-0.4, -0.2) is 54.5 Å². The standard InChI is InChI=1S/C21H19F3N6O2/c22-21(23,24)15-3-4-17(26-11-15)32-13-20-6-5-14(10-20)12-29(20)19(31)18-16(2-1-7-25-18)30-27-8-9-28-30/h1-4,7-9,11,14H,5-6,10,12-13H2. The molecule has 32 heavy (non-hydrogen) atoms.